The molecule has 68 valence electrons. The lowest BCUT2D eigenvalue weighted by Gasteiger charge is -2.09. The van der Waals surface area contributed by atoms with Crippen LogP contribution in [0.2, 0.25) is 0 Å². The highest BCUT2D eigenvalue weighted by atomic mass is 15.1. The number of anilines is 1. The number of hydrogen-bond acceptors (Lipinski definition) is 2. The van der Waals surface area contributed by atoms with Crippen LogP contribution in [0.15, 0.2) is 24.5 Å². The van der Waals surface area contributed by atoms with E-state index in [0.29, 0.717) is 0 Å². The van der Waals surface area contributed by atoms with Gasteiger partial charge in [0.2, 0.25) is 0 Å². The summed E-state index contributed by atoms with van der Waals surface area (Å²) in [7, 11) is 6.10. The molecule has 0 bridgehead atoms. The molecule has 13 heavy (non-hydrogen) atoms. The van der Waals surface area contributed by atoms with Gasteiger partial charge in [-0.2, -0.15) is 0 Å². The molecule has 0 saturated carbocycles. The molecule has 0 amide bonds. The smallest absolute Gasteiger partial charge is 0.141 e. The minimum Gasteiger partial charge on any atom is -0.376 e. The van der Waals surface area contributed by atoms with Gasteiger partial charge >= 0.3 is 0 Å². The third kappa shape index (κ3) is 1.16. The van der Waals surface area contributed by atoms with Crippen LogP contribution in [0.3, 0.4) is 0 Å². The fraction of sp³-hybridized carbons (Fsp3) is 0.300. The Labute approximate surface area is 77.6 Å². The second-order valence-corrected chi connectivity index (χ2v) is 3.39. The van der Waals surface area contributed by atoms with Crippen LogP contribution < -0.4 is 4.90 Å². The summed E-state index contributed by atoms with van der Waals surface area (Å²) < 4.78 is 2.05. The van der Waals surface area contributed by atoms with Gasteiger partial charge in [-0.1, -0.05) is 0 Å². The van der Waals surface area contributed by atoms with Crippen molar-refractivity contribution in [3.8, 4) is 0 Å². The third-order valence-electron chi connectivity index (χ3n) is 2.19. The molecule has 0 aliphatic carbocycles. The lowest BCUT2D eigenvalue weighted by Crippen LogP contribution is -2.07. The highest BCUT2D eigenvalue weighted by Gasteiger charge is 2.07. The van der Waals surface area contributed by atoms with E-state index in [4.69, 9.17) is 0 Å². The Kier molecular flexibility index (Phi) is 1.72. The summed E-state index contributed by atoms with van der Waals surface area (Å²) in [6.07, 6.45) is 3.92. The van der Waals surface area contributed by atoms with Gasteiger partial charge in [-0.05, 0) is 12.1 Å². The molecular weight excluding hydrogens is 162 g/mol. The summed E-state index contributed by atoms with van der Waals surface area (Å²) in [5.74, 6) is 0. The van der Waals surface area contributed by atoms with Gasteiger partial charge in [-0.3, -0.25) is 0 Å². The van der Waals surface area contributed by atoms with Gasteiger partial charge in [0.15, 0.2) is 0 Å². The molecule has 0 N–H and O–H groups in total. The maximum absolute atomic E-state index is 4.32. The van der Waals surface area contributed by atoms with Gasteiger partial charge in [0.25, 0.3) is 0 Å². The number of pyridine rings is 1. The van der Waals surface area contributed by atoms with Gasteiger partial charge in [0, 0.05) is 38.9 Å². The Balaban J connectivity index is 2.78. The first-order valence-corrected chi connectivity index (χ1v) is 4.27. The van der Waals surface area contributed by atoms with Crippen LogP contribution in [0, 0.1) is 0 Å². The summed E-state index contributed by atoms with van der Waals surface area (Å²) in [5.41, 5.74) is 2.25. The van der Waals surface area contributed by atoms with E-state index in [0.717, 1.165) is 5.65 Å². The summed E-state index contributed by atoms with van der Waals surface area (Å²) in [4.78, 5) is 6.42. The van der Waals surface area contributed by atoms with Crippen LogP contribution in [0.5, 0.6) is 0 Å². The number of aromatic nitrogens is 2. The minimum atomic E-state index is 1.03. The fourth-order valence-corrected chi connectivity index (χ4v) is 1.55. The summed E-state index contributed by atoms with van der Waals surface area (Å²) in [6, 6.07) is 4.06. The maximum Gasteiger partial charge on any atom is 0.141 e. The van der Waals surface area contributed by atoms with E-state index in [1.54, 1.807) is 0 Å². The van der Waals surface area contributed by atoms with E-state index in [-0.39, 0.29) is 0 Å². The summed E-state index contributed by atoms with van der Waals surface area (Å²) >= 11 is 0. The van der Waals surface area contributed by atoms with Crippen molar-refractivity contribution in [2.75, 3.05) is 19.0 Å². The van der Waals surface area contributed by atoms with Crippen LogP contribution in [0.25, 0.3) is 11.0 Å². The zero-order chi connectivity index (χ0) is 9.42. The first-order chi connectivity index (χ1) is 6.20. The summed E-state index contributed by atoms with van der Waals surface area (Å²) in [5, 5.41) is 1.20. The van der Waals surface area contributed by atoms with Crippen LogP contribution in [-0.2, 0) is 7.05 Å². The second-order valence-electron chi connectivity index (χ2n) is 3.39. The predicted molar refractivity (Wildman–Crippen MR) is 55.0 cm³/mol. The SMILES string of the molecule is CN(C)c1cn(C)c2ncccc12. The molecule has 0 aliphatic rings. The van der Waals surface area contributed by atoms with E-state index >= 15 is 0 Å². The molecule has 2 aromatic heterocycles. The average Bonchev–Trinajstić information content (AvgIpc) is 2.45. The first kappa shape index (κ1) is 8.10. The number of rotatable bonds is 1. The van der Waals surface area contributed by atoms with E-state index in [9.17, 15) is 0 Å². The molecule has 3 heteroatoms. The van der Waals surface area contributed by atoms with Crippen molar-refractivity contribution in [3.63, 3.8) is 0 Å². The topological polar surface area (TPSA) is 21.1 Å². The van der Waals surface area contributed by atoms with Crippen molar-refractivity contribution < 1.29 is 0 Å². The van der Waals surface area contributed by atoms with Crippen LogP contribution in [0.1, 0.15) is 0 Å². The molecule has 0 saturated heterocycles. The van der Waals surface area contributed by atoms with Gasteiger partial charge < -0.3 is 9.47 Å². The van der Waals surface area contributed by atoms with E-state index in [1.165, 1.54) is 11.1 Å². The lowest BCUT2D eigenvalue weighted by molar-refractivity contribution is 0.943. The molecule has 2 rings (SSSR count). The van der Waals surface area contributed by atoms with E-state index in [2.05, 4.69) is 22.1 Å². The van der Waals surface area contributed by atoms with Gasteiger partial charge in [0.05, 0.1) is 5.69 Å². The minimum absolute atomic E-state index is 1.03. The molecule has 0 atom stereocenters. The highest BCUT2D eigenvalue weighted by Crippen LogP contribution is 2.24. The quantitative estimate of drug-likeness (QED) is 0.657. The predicted octanol–water partition coefficient (Wildman–Crippen LogP) is 1.64. The highest BCUT2D eigenvalue weighted by molar-refractivity contribution is 5.90. The van der Waals surface area contributed by atoms with E-state index < -0.39 is 0 Å². The van der Waals surface area contributed by atoms with Crippen molar-refractivity contribution in [1.82, 2.24) is 9.55 Å². The molecular formula is C10H13N3. The first-order valence-electron chi connectivity index (χ1n) is 4.27. The molecule has 2 heterocycles. The Morgan fingerprint density at radius 2 is 2.15 bits per heavy atom. The average molecular weight is 175 g/mol. The standard InChI is InChI=1S/C10H13N3/c1-12(2)9-7-13(3)10-8(9)5-4-6-11-10/h4-7H,1-3H3. The Bertz CT molecular complexity index is 429. The number of fused-ring (bicyclic) bond motifs is 1. The van der Waals surface area contributed by atoms with Crippen molar-refractivity contribution in [2.24, 2.45) is 7.05 Å². The largest absolute Gasteiger partial charge is 0.376 e. The third-order valence-corrected chi connectivity index (χ3v) is 2.19. The summed E-state index contributed by atoms with van der Waals surface area (Å²) in [6.45, 7) is 0. The van der Waals surface area contributed by atoms with Gasteiger partial charge in [-0.25, -0.2) is 4.98 Å². The molecule has 0 radical (unpaired) electrons. The number of aryl methyl sites for hydroxylation is 1. The zero-order valence-corrected chi connectivity index (χ0v) is 8.15. The fourth-order valence-electron chi connectivity index (χ4n) is 1.55. The Morgan fingerprint density at radius 1 is 1.38 bits per heavy atom. The monoisotopic (exact) mass is 175 g/mol. The normalized spacial score (nSPS) is 10.7. The van der Waals surface area contributed by atoms with Crippen LogP contribution >= 0.6 is 0 Å². The molecule has 0 spiro atoms. The maximum atomic E-state index is 4.32. The Hall–Kier alpha value is -1.51. The Morgan fingerprint density at radius 3 is 2.85 bits per heavy atom. The molecule has 2 aromatic rings. The van der Waals surface area contributed by atoms with Crippen molar-refractivity contribution in [3.05, 3.63) is 24.5 Å². The van der Waals surface area contributed by atoms with Gasteiger partial charge in [0.1, 0.15) is 5.65 Å². The van der Waals surface area contributed by atoms with Crippen molar-refractivity contribution >= 4 is 16.7 Å². The van der Waals surface area contributed by atoms with Crippen molar-refractivity contribution in [2.45, 2.75) is 0 Å². The van der Waals surface area contributed by atoms with Crippen molar-refractivity contribution in [1.29, 1.82) is 0 Å². The van der Waals surface area contributed by atoms with E-state index in [1.807, 2.05) is 38.0 Å². The van der Waals surface area contributed by atoms with Crippen LogP contribution in [-0.4, -0.2) is 23.6 Å². The number of nitrogens with zero attached hydrogens (tertiary/aromatic N) is 3. The second kappa shape index (κ2) is 2.76. The molecule has 0 aromatic carbocycles. The van der Waals surface area contributed by atoms with Crippen LogP contribution in [0.4, 0.5) is 5.69 Å². The number of hydrogen-bond donors (Lipinski definition) is 0. The zero-order valence-electron chi connectivity index (χ0n) is 8.15. The molecule has 0 aliphatic heterocycles. The lowest BCUT2D eigenvalue weighted by atomic mass is 10.3. The van der Waals surface area contributed by atoms with Gasteiger partial charge in [-0.15, -0.1) is 0 Å². The molecule has 0 unspecified atom stereocenters. The molecule has 3 nitrogen and oxygen atoms in total. The molecule has 0 fully saturated rings.